The third kappa shape index (κ3) is 2.93. The lowest BCUT2D eigenvalue weighted by Gasteiger charge is -2.14. The molecule has 1 aromatic carbocycles. The number of benzene rings is 1. The number of rotatable bonds is 3. The number of hydrogen-bond acceptors (Lipinski definition) is 6. The SMILES string of the molecule is Fc1cccc(-c2noc(CNC3=NCCCN3)n2)c1. The number of aliphatic imine (C=N–C) groups is 1. The number of nitrogens with one attached hydrogen (secondary N) is 2. The smallest absolute Gasteiger partial charge is 0.246 e. The Hall–Kier alpha value is -2.44. The largest absolute Gasteiger partial charge is 0.356 e. The summed E-state index contributed by atoms with van der Waals surface area (Å²) in [4.78, 5) is 8.49. The molecule has 0 saturated carbocycles. The molecule has 0 unspecified atom stereocenters. The molecule has 0 atom stereocenters. The molecule has 6 nitrogen and oxygen atoms in total. The predicted octanol–water partition coefficient (Wildman–Crippen LogP) is 1.31. The summed E-state index contributed by atoms with van der Waals surface area (Å²) in [5.41, 5.74) is 0.591. The van der Waals surface area contributed by atoms with E-state index in [0.717, 1.165) is 25.5 Å². The average molecular weight is 275 g/mol. The second-order valence-corrected chi connectivity index (χ2v) is 4.39. The zero-order valence-corrected chi connectivity index (χ0v) is 10.8. The summed E-state index contributed by atoms with van der Waals surface area (Å²) in [6, 6.07) is 6.09. The van der Waals surface area contributed by atoms with Gasteiger partial charge in [0.1, 0.15) is 5.82 Å². The highest BCUT2D eigenvalue weighted by Gasteiger charge is 2.10. The molecular formula is C13H14FN5O. The van der Waals surface area contributed by atoms with E-state index in [1.54, 1.807) is 12.1 Å². The molecule has 0 aliphatic carbocycles. The monoisotopic (exact) mass is 275 g/mol. The van der Waals surface area contributed by atoms with Gasteiger partial charge in [-0.15, -0.1) is 0 Å². The lowest BCUT2D eigenvalue weighted by atomic mass is 10.2. The Morgan fingerprint density at radius 2 is 2.35 bits per heavy atom. The van der Waals surface area contributed by atoms with Crippen molar-refractivity contribution < 1.29 is 8.91 Å². The Bertz CT molecular complexity index is 625. The third-order valence-electron chi connectivity index (χ3n) is 2.86. The lowest BCUT2D eigenvalue weighted by Crippen LogP contribution is -2.40. The molecular weight excluding hydrogens is 261 g/mol. The van der Waals surface area contributed by atoms with Crippen LogP contribution in [0.2, 0.25) is 0 Å². The topological polar surface area (TPSA) is 75.3 Å². The van der Waals surface area contributed by atoms with Crippen LogP contribution in [-0.2, 0) is 6.54 Å². The predicted molar refractivity (Wildman–Crippen MR) is 71.5 cm³/mol. The molecule has 104 valence electrons. The van der Waals surface area contributed by atoms with Gasteiger partial charge < -0.3 is 15.2 Å². The average Bonchev–Trinajstić information content (AvgIpc) is 2.95. The zero-order valence-electron chi connectivity index (χ0n) is 10.8. The molecule has 0 bridgehead atoms. The standard InChI is InChI=1S/C13H14FN5O/c14-10-4-1-3-9(7-10)12-18-11(20-19-12)8-17-13-15-5-2-6-16-13/h1,3-4,7H,2,5-6,8H2,(H2,15,16,17). The van der Waals surface area contributed by atoms with Gasteiger partial charge in [0.15, 0.2) is 5.96 Å². The molecule has 0 amide bonds. The number of guanidine groups is 1. The van der Waals surface area contributed by atoms with Crippen molar-refractivity contribution in [1.29, 1.82) is 0 Å². The van der Waals surface area contributed by atoms with Crippen LogP contribution in [0.4, 0.5) is 4.39 Å². The van der Waals surface area contributed by atoms with Crippen molar-refractivity contribution in [3.8, 4) is 11.4 Å². The van der Waals surface area contributed by atoms with E-state index in [-0.39, 0.29) is 5.82 Å². The number of aromatic nitrogens is 2. The van der Waals surface area contributed by atoms with Crippen LogP contribution < -0.4 is 10.6 Å². The van der Waals surface area contributed by atoms with E-state index in [1.807, 2.05) is 0 Å². The van der Waals surface area contributed by atoms with Crippen LogP contribution >= 0.6 is 0 Å². The second kappa shape index (κ2) is 5.68. The van der Waals surface area contributed by atoms with E-state index in [4.69, 9.17) is 4.52 Å². The first-order valence-electron chi connectivity index (χ1n) is 6.42. The quantitative estimate of drug-likeness (QED) is 0.883. The maximum Gasteiger partial charge on any atom is 0.246 e. The molecule has 20 heavy (non-hydrogen) atoms. The highest BCUT2D eigenvalue weighted by molar-refractivity contribution is 5.80. The number of hydrogen-bond donors (Lipinski definition) is 2. The first-order valence-corrected chi connectivity index (χ1v) is 6.42. The van der Waals surface area contributed by atoms with Gasteiger partial charge >= 0.3 is 0 Å². The minimum atomic E-state index is -0.326. The lowest BCUT2D eigenvalue weighted by molar-refractivity contribution is 0.375. The van der Waals surface area contributed by atoms with E-state index in [1.165, 1.54) is 12.1 Å². The van der Waals surface area contributed by atoms with Gasteiger partial charge in [-0.3, -0.25) is 4.99 Å². The molecule has 0 fully saturated rings. The molecule has 0 spiro atoms. The Balaban J connectivity index is 1.66. The van der Waals surface area contributed by atoms with Crippen LogP contribution in [0.1, 0.15) is 12.3 Å². The van der Waals surface area contributed by atoms with Crippen LogP contribution in [0.25, 0.3) is 11.4 Å². The van der Waals surface area contributed by atoms with Crippen molar-refractivity contribution in [2.24, 2.45) is 4.99 Å². The van der Waals surface area contributed by atoms with Crippen molar-refractivity contribution in [1.82, 2.24) is 20.8 Å². The Morgan fingerprint density at radius 1 is 1.40 bits per heavy atom. The van der Waals surface area contributed by atoms with E-state index < -0.39 is 0 Å². The third-order valence-corrected chi connectivity index (χ3v) is 2.86. The van der Waals surface area contributed by atoms with Crippen LogP contribution in [0.5, 0.6) is 0 Å². The molecule has 0 radical (unpaired) electrons. The summed E-state index contributed by atoms with van der Waals surface area (Å²) in [6.45, 7) is 2.10. The molecule has 3 rings (SSSR count). The first-order chi connectivity index (χ1) is 9.81. The van der Waals surface area contributed by atoms with Crippen LogP contribution in [0, 0.1) is 5.82 Å². The highest BCUT2D eigenvalue weighted by atomic mass is 19.1. The van der Waals surface area contributed by atoms with Crippen molar-refractivity contribution in [3.05, 3.63) is 36.0 Å². The Labute approximate surface area is 115 Å². The van der Waals surface area contributed by atoms with Gasteiger partial charge in [-0.2, -0.15) is 4.98 Å². The Kier molecular flexibility index (Phi) is 3.58. The summed E-state index contributed by atoms with van der Waals surface area (Å²) < 4.78 is 18.2. The second-order valence-electron chi connectivity index (χ2n) is 4.39. The van der Waals surface area contributed by atoms with Gasteiger partial charge in [-0.1, -0.05) is 17.3 Å². The van der Waals surface area contributed by atoms with Crippen molar-refractivity contribution in [2.45, 2.75) is 13.0 Å². The molecule has 7 heteroatoms. The maximum atomic E-state index is 13.1. The molecule has 2 aromatic rings. The van der Waals surface area contributed by atoms with Crippen molar-refractivity contribution in [2.75, 3.05) is 13.1 Å². The van der Waals surface area contributed by atoms with Gasteiger partial charge in [0.25, 0.3) is 0 Å². The summed E-state index contributed by atoms with van der Waals surface area (Å²) in [7, 11) is 0. The summed E-state index contributed by atoms with van der Waals surface area (Å²) >= 11 is 0. The molecule has 2 N–H and O–H groups in total. The van der Waals surface area contributed by atoms with Gasteiger partial charge in [0.2, 0.25) is 11.7 Å². The van der Waals surface area contributed by atoms with E-state index in [9.17, 15) is 4.39 Å². The van der Waals surface area contributed by atoms with Crippen LogP contribution in [-0.4, -0.2) is 29.2 Å². The first kappa shape index (κ1) is 12.6. The minimum Gasteiger partial charge on any atom is -0.356 e. The van der Waals surface area contributed by atoms with Gasteiger partial charge in [0, 0.05) is 18.7 Å². The summed E-state index contributed by atoms with van der Waals surface area (Å²) in [5.74, 6) is 1.22. The minimum absolute atomic E-state index is 0.326. The van der Waals surface area contributed by atoms with E-state index in [2.05, 4.69) is 25.8 Å². The van der Waals surface area contributed by atoms with E-state index >= 15 is 0 Å². The molecule has 1 aromatic heterocycles. The fraction of sp³-hybridized carbons (Fsp3) is 0.308. The Morgan fingerprint density at radius 3 is 3.15 bits per heavy atom. The van der Waals surface area contributed by atoms with Crippen LogP contribution in [0.15, 0.2) is 33.8 Å². The fourth-order valence-electron chi connectivity index (χ4n) is 1.88. The highest BCUT2D eigenvalue weighted by Crippen LogP contribution is 2.16. The normalized spacial score (nSPS) is 14.6. The van der Waals surface area contributed by atoms with E-state index in [0.29, 0.717) is 23.8 Å². The molecule has 1 aliphatic rings. The fourth-order valence-corrected chi connectivity index (χ4v) is 1.88. The molecule has 2 heterocycles. The van der Waals surface area contributed by atoms with Crippen LogP contribution in [0.3, 0.4) is 0 Å². The van der Waals surface area contributed by atoms with Crippen molar-refractivity contribution >= 4 is 5.96 Å². The maximum absolute atomic E-state index is 13.1. The summed E-state index contributed by atoms with van der Waals surface area (Å²) in [6.07, 6.45) is 1.04. The number of nitrogens with zero attached hydrogens (tertiary/aromatic N) is 3. The number of halogens is 1. The zero-order chi connectivity index (χ0) is 13.8. The van der Waals surface area contributed by atoms with Gasteiger partial charge in [0.05, 0.1) is 6.54 Å². The van der Waals surface area contributed by atoms with Crippen molar-refractivity contribution in [3.63, 3.8) is 0 Å². The van der Waals surface area contributed by atoms with Gasteiger partial charge in [-0.25, -0.2) is 4.39 Å². The molecule has 0 saturated heterocycles. The van der Waals surface area contributed by atoms with Gasteiger partial charge in [-0.05, 0) is 18.6 Å². The molecule has 1 aliphatic heterocycles. The summed E-state index contributed by atoms with van der Waals surface area (Å²) in [5, 5.41) is 10.1.